The first-order chi connectivity index (χ1) is 13.8. The second-order valence-electron chi connectivity index (χ2n) is 8.04. The van der Waals surface area contributed by atoms with Crippen molar-refractivity contribution in [3.63, 3.8) is 0 Å². The van der Waals surface area contributed by atoms with Crippen LogP contribution in [0.4, 0.5) is 0 Å². The average Bonchev–Trinajstić information content (AvgIpc) is 3.14. The Balaban J connectivity index is 1.15. The van der Waals surface area contributed by atoms with Crippen molar-refractivity contribution in [3.8, 4) is 0 Å². The van der Waals surface area contributed by atoms with E-state index < -0.39 is 0 Å². The molecule has 1 aromatic heterocycles. The zero-order valence-electron chi connectivity index (χ0n) is 16.4. The van der Waals surface area contributed by atoms with Gasteiger partial charge in [-0.05, 0) is 24.3 Å². The van der Waals surface area contributed by atoms with Gasteiger partial charge in [0.1, 0.15) is 0 Å². The summed E-state index contributed by atoms with van der Waals surface area (Å²) < 4.78 is 11.1. The number of aromatic nitrogens is 2. The lowest BCUT2D eigenvalue weighted by Crippen LogP contribution is -2.49. The van der Waals surface area contributed by atoms with E-state index in [4.69, 9.17) is 9.26 Å². The van der Waals surface area contributed by atoms with Gasteiger partial charge in [-0.2, -0.15) is 4.98 Å². The zero-order valence-corrected chi connectivity index (χ0v) is 16.4. The van der Waals surface area contributed by atoms with Crippen LogP contribution in [0.2, 0.25) is 0 Å². The second-order valence-corrected chi connectivity index (χ2v) is 8.04. The van der Waals surface area contributed by atoms with Gasteiger partial charge in [-0.15, -0.1) is 0 Å². The SMILES string of the molecule is O=C(CC1CCCCC1)N1CC(c2nc(CCOCc3ccccc3)no2)C1. The van der Waals surface area contributed by atoms with E-state index in [1.807, 2.05) is 35.2 Å². The first kappa shape index (κ1) is 19.1. The van der Waals surface area contributed by atoms with E-state index in [1.165, 1.54) is 32.1 Å². The zero-order chi connectivity index (χ0) is 19.2. The molecule has 2 heterocycles. The molecule has 0 spiro atoms. The highest BCUT2D eigenvalue weighted by Gasteiger charge is 2.36. The van der Waals surface area contributed by atoms with Crippen LogP contribution in [-0.2, 0) is 22.6 Å². The number of amides is 1. The molecular weight excluding hydrogens is 354 g/mol. The van der Waals surface area contributed by atoms with Gasteiger partial charge in [-0.1, -0.05) is 54.8 Å². The van der Waals surface area contributed by atoms with Crippen LogP contribution >= 0.6 is 0 Å². The molecule has 6 heteroatoms. The van der Waals surface area contributed by atoms with Crippen LogP contribution < -0.4 is 0 Å². The highest BCUT2D eigenvalue weighted by Crippen LogP contribution is 2.30. The van der Waals surface area contributed by atoms with E-state index >= 15 is 0 Å². The van der Waals surface area contributed by atoms with E-state index in [2.05, 4.69) is 10.1 Å². The maximum Gasteiger partial charge on any atom is 0.233 e. The minimum Gasteiger partial charge on any atom is -0.376 e. The fraction of sp³-hybridized carbons (Fsp3) is 0.591. The first-order valence-corrected chi connectivity index (χ1v) is 10.5. The monoisotopic (exact) mass is 383 g/mol. The Kier molecular flexibility index (Phi) is 6.37. The van der Waals surface area contributed by atoms with Crippen LogP contribution in [0.15, 0.2) is 34.9 Å². The molecule has 0 atom stereocenters. The van der Waals surface area contributed by atoms with Gasteiger partial charge in [0.2, 0.25) is 11.8 Å². The van der Waals surface area contributed by atoms with E-state index in [0.29, 0.717) is 56.8 Å². The van der Waals surface area contributed by atoms with Crippen LogP contribution in [0.1, 0.15) is 61.7 Å². The Hall–Kier alpha value is -2.21. The largest absolute Gasteiger partial charge is 0.376 e. The molecule has 1 saturated heterocycles. The molecule has 0 radical (unpaired) electrons. The highest BCUT2D eigenvalue weighted by atomic mass is 16.5. The van der Waals surface area contributed by atoms with E-state index in [0.717, 1.165) is 5.56 Å². The summed E-state index contributed by atoms with van der Waals surface area (Å²) >= 11 is 0. The molecule has 6 nitrogen and oxygen atoms in total. The standard InChI is InChI=1S/C22H29N3O3/c26-21(13-17-7-3-1-4-8-17)25-14-19(15-25)22-23-20(24-28-22)11-12-27-16-18-9-5-2-6-10-18/h2,5-6,9-10,17,19H,1,3-4,7-8,11-16H2. The van der Waals surface area contributed by atoms with Crippen molar-refractivity contribution < 1.29 is 14.1 Å². The van der Waals surface area contributed by atoms with Crippen molar-refractivity contribution in [2.45, 2.75) is 57.5 Å². The predicted octanol–water partition coefficient (Wildman–Crippen LogP) is 3.73. The van der Waals surface area contributed by atoms with Gasteiger partial charge in [0.05, 0.1) is 19.1 Å². The van der Waals surface area contributed by atoms with Crippen molar-refractivity contribution in [2.75, 3.05) is 19.7 Å². The van der Waals surface area contributed by atoms with Crippen LogP contribution in [0, 0.1) is 5.92 Å². The maximum atomic E-state index is 12.4. The highest BCUT2D eigenvalue weighted by molar-refractivity contribution is 5.77. The summed E-state index contributed by atoms with van der Waals surface area (Å²) in [7, 11) is 0. The quantitative estimate of drug-likeness (QED) is 0.650. The molecule has 1 aliphatic heterocycles. The molecule has 0 N–H and O–H groups in total. The number of rotatable bonds is 8. The minimum absolute atomic E-state index is 0.182. The van der Waals surface area contributed by atoms with Crippen molar-refractivity contribution in [1.29, 1.82) is 0 Å². The third kappa shape index (κ3) is 4.98. The number of benzene rings is 1. The lowest BCUT2D eigenvalue weighted by Gasteiger charge is -2.38. The lowest BCUT2D eigenvalue weighted by atomic mass is 9.86. The summed E-state index contributed by atoms with van der Waals surface area (Å²) in [4.78, 5) is 18.8. The molecule has 150 valence electrons. The summed E-state index contributed by atoms with van der Waals surface area (Å²) in [6.45, 7) is 2.56. The van der Waals surface area contributed by atoms with Gasteiger partial charge in [-0.25, -0.2) is 0 Å². The number of hydrogen-bond acceptors (Lipinski definition) is 5. The molecule has 4 rings (SSSR count). The molecule has 2 aromatic rings. The smallest absolute Gasteiger partial charge is 0.233 e. The van der Waals surface area contributed by atoms with Gasteiger partial charge >= 0.3 is 0 Å². The van der Waals surface area contributed by atoms with Gasteiger partial charge in [0.15, 0.2) is 5.82 Å². The number of ether oxygens (including phenoxy) is 1. The molecule has 1 aromatic carbocycles. The molecule has 1 aliphatic carbocycles. The Morgan fingerprint density at radius 3 is 2.71 bits per heavy atom. The van der Waals surface area contributed by atoms with Crippen LogP contribution in [0.5, 0.6) is 0 Å². The van der Waals surface area contributed by atoms with E-state index in [9.17, 15) is 4.79 Å². The number of carbonyl (C=O) groups excluding carboxylic acids is 1. The summed E-state index contributed by atoms with van der Waals surface area (Å²) in [5.74, 6) is 2.39. The third-order valence-corrected chi connectivity index (χ3v) is 5.84. The van der Waals surface area contributed by atoms with E-state index in [-0.39, 0.29) is 11.8 Å². The molecule has 1 amide bonds. The predicted molar refractivity (Wildman–Crippen MR) is 105 cm³/mol. The van der Waals surface area contributed by atoms with Crippen molar-refractivity contribution in [1.82, 2.24) is 15.0 Å². The first-order valence-electron chi connectivity index (χ1n) is 10.5. The topological polar surface area (TPSA) is 68.5 Å². The molecule has 0 unspecified atom stereocenters. The number of hydrogen-bond donors (Lipinski definition) is 0. The van der Waals surface area contributed by atoms with Gasteiger partial charge in [0, 0.05) is 25.9 Å². The maximum absolute atomic E-state index is 12.4. The fourth-order valence-electron chi connectivity index (χ4n) is 4.07. The van der Waals surface area contributed by atoms with Crippen molar-refractivity contribution in [3.05, 3.63) is 47.6 Å². The van der Waals surface area contributed by atoms with E-state index in [1.54, 1.807) is 0 Å². The molecule has 1 saturated carbocycles. The summed E-state index contributed by atoms with van der Waals surface area (Å²) in [6.07, 6.45) is 7.65. The van der Waals surface area contributed by atoms with Crippen LogP contribution in [0.25, 0.3) is 0 Å². The van der Waals surface area contributed by atoms with Gasteiger partial charge in [0.25, 0.3) is 0 Å². The molecule has 0 bridgehead atoms. The number of likely N-dealkylation sites (tertiary alicyclic amines) is 1. The molecule has 2 aliphatic rings. The normalized spacial score (nSPS) is 18.2. The van der Waals surface area contributed by atoms with Crippen LogP contribution in [-0.4, -0.2) is 40.6 Å². The summed E-state index contributed by atoms with van der Waals surface area (Å²) in [5.41, 5.74) is 1.16. The Morgan fingerprint density at radius 1 is 1.14 bits per heavy atom. The Bertz CT molecular complexity index is 749. The van der Waals surface area contributed by atoms with Gasteiger partial charge < -0.3 is 14.2 Å². The number of carbonyl (C=O) groups is 1. The number of nitrogens with zero attached hydrogens (tertiary/aromatic N) is 3. The van der Waals surface area contributed by atoms with Gasteiger partial charge in [-0.3, -0.25) is 4.79 Å². The molecule has 2 fully saturated rings. The second kappa shape index (κ2) is 9.32. The Morgan fingerprint density at radius 2 is 1.93 bits per heavy atom. The lowest BCUT2D eigenvalue weighted by molar-refractivity contribution is -0.137. The molecule has 28 heavy (non-hydrogen) atoms. The van der Waals surface area contributed by atoms with Crippen molar-refractivity contribution >= 4 is 5.91 Å². The summed E-state index contributed by atoms with van der Waals surface area (Å²) in [5, 5.41) is 4.06. The fourth-order valence-corrected chi connectivity index (χ4v) is 4.07. The third-order valence-electron chi connectivity index (χ3n) is 5.84. The van der Waals surface area contributed by atoms with Crippen LogP contribution in [0.3, 0.4) is 0 Å². The average molecular weight is 383 g/mol. The Labute approximate surface area is 166 Å². The van der Waals surface area contributed by atoms with Crippen molar-refractivity contribution in [2.24, 2.45) is 5.92 Å². The minimum atomic E-state index is 0.182. The summed E-state index contributed by atoms with van der Waals surface area (Å²) in [6, 6.07) is 10.1. The molecular formula is C22H29N3O3.